The third kappa shape index (κ3) is 1.75. The van der Waals surface area contributed by atoms with Crippen LogP contribution in [0.25, 0.3) is 0 Å². The molecular formula is C19H21NO4. The van der Waals surface area contributed by atoms with Crippen LogP contribution in [0.2, 0.25) is 0 Å². The second-order valence-electron chi connectivity index (χ2n) is 7.61. The van der Waals surface area contributed by atoms with E-state index >= 15 is 0 Å². The highest BCUT2D eigenvalue weighted by atomic mass is 16.2. The van der Waals surface area contributed by atoms with Gasteiger partial charge >= 0.3 is 0 Å². The Morgan fingerprint density at radius 1 is 0.958 bits per heavy atom. The molecule has 1 amide bonds. The van der Waals surface area contributed by atoms with Gasteiger partial charge in [-0.25, -0.2) is 0 Å². The summed E-state index contributed by atoms with van der Waals surface area (Å²) in [6.45, 7) is 6.93. The van der Waals surface area contributed by atoms with Crippen molar-refractivity contribution in [2.45, 2.75) is 40.5 Å². The van der Waals surface area contributed by atoms with Gasteiger partial charge in [0.05, 0.1) is 0 Å². The number of carbonyl (C=O) groups excluding carboxylic acids is 4. The van der Waals surface area contributed by atoms with Gasteiger partial charge in [0.15, 0.2) is 5.78 Å². The third-order valence-electron chi connectivity index (χ3n) is 6.48. The summed E-state index contributed by atoms with van der Waals surface area (Å²) in [7, 11) is 0. The fraction of sp³-hybridized carbons (Fsp3) is 0.474. The number of hydrogen-bond acceptors (Lipinski definition) is 4. The smallest absolute Gasteiger partial charge is 0.239 e. The maximum atomic E-state index is 13.0. The predicted octanol–water partition coefficient (Wildman–Crippen LogP) is 2.79. The highest BCUT2D eigenvalue weighted by Crippen LogP contribution is 2.69. The van der Waals surface area contributed by atoms with E-state index in [4.69, 9.17) is 0 Å². The largest absolute Gasteiger partial charge is 0.325 e. The van der Waals surface area contributed by atoms with Gasteiger partial charge in [0.25, 0.3) is 0 Å². The van der Waals surface area contributed by atoms with Gasteiger partial charge in [0.2, 0.25) is 17.5 Å². The van der Waals surface area contributed by atoms with Gasteiger partial charge in [0, 0.05) is 16.7 Å². The number of rotatable bonds is 3. The summed E-state index contributed by atoms with van der Waals surface area (Å²) in [6, 6.07) is 6.52. The molecule has 0 aromatic heterocycles. The summed E-state index contributed by atoms with van der Waals surface area (Å²) in [4.78, 5) is 49.3. The monoisotopic (exact) mass is 327 g/mol. The average Bonchev–Trinajstić information content (AvgIpc) is 2.80. The molecule has 126 valence electrons. The highest BCUT2D eigenvalue weighted by Gasteiger charge is 2.77. The average molecular weight is 327 g/mol. The zero-order valence-electron chi connectivity index (χ0n) is 14.4. The van der Waals surface area contributed by atoms with Gasteiger partial charge in [-0.05, 0) is 49.4 Å². The Hall–Kier alpha value is -2.30. The first-order valence-electron chi connectivity index (χ1n) is 8.09. The Morgan fingerprint density at radius 3 is 2.00 bits per heavy atom. The number of fused-ring (bicyclic) bond motifs is 2. The normalized spacial score (nSPS) is 30.5. The van der Waals surface area contributed by atoms with E-state index in [1.807, 2.05) is 13.8 Å². The fourth-order valence-electron chi connectivity index (χ4n) is 4.30. The number of amides is 1. The minimum Gasteiger partial charge on any atom is -0.325 e. The Balaban J connectivity index is 1.94. The van der Waals surface area contributed by atoms with Crippen molar-refractivity contribution in [1.29, 1.82) is 0 Å². The lowest BCUT2D eigenvalue weighted by Gasteiger charge is -2.37. The number of hydrogen-bond donors (Lipinski definition) is 1. The third-order valence-corrected chi connectivity index (χ3v) is 6.48. The maximum Gasteiger partial charge on any atom is 0.239 e. The van der Waals surface area contributed by atoms with Crippen LogP contribution in [0.1, 0.15) is 50.9 Å². The zero-order valence-corrected chi connectivity index (χ0v) is 14.4. The van der Waals surface area contributed by atoms with Gasteiger partial charge in [-0.15, -0.1) is 0 Å². The molecule has 1 aromatic carbocycles. The molecule has 2 aliphatic carbocycles. The Kier molecular flexibility index (Phi) is 3.35. The van der Waals surface area contributed by atoms with Crippen LogP contribution in [0.5, 0.6) is 0 Å². The van der Waals surface area contributed by atoms with Crippen molar-refractivity contribution in [1.82, 2.24) is 0 Å². The molecule has 2 aliphatic rings. The fourth-order valence-corrected chi connectivity index (χ4v) is 4.30. The van der Waals surface area contributed by atoms with Gasteiger partial charge in [-0.3, -0.25) is 19.2 Å². The number of anilines is 1. The maximum absolute atomic E-state index is 13.0. The predicted molar refractivity (Wildman–Crippen MR) is 88.6 cm³/mol. The quantitative estimate of drug-likeness (QED) is 0.526. The molecule has 0 aliphatic heterocycles. The molecule has 1 aromatic rings. The van der Waals surface area contributed by atoms with Crippen LogP contribution in [0.4, 0.5) is 5.69 Å². The van der Waals surface area contributed by atoms with Crippen LogP contribution in [0, 0.1) is 16.2 Å². The van der Waals surface area contributed by atoms with E-state index in [1.165, 1.54) is 6.92 Å². The summed E-state index contributed by atoms with van der Waals surface area (Å²) >= 11 is 0. The lowest BCUT2D eigenvalue weighted by molar-refractivity contribution is -0.147. The topological polar surface area (TPSA) is 80.3 Å². The Labute approximate surface area is 140 Å². The lowest BCUT2D eigenvalue weighted by atomic mass is 9.64. The van der Waals surface area contributed by atoms with Crippen molar-refractivity contribution in [3.05, 3.63) is 29.8 Å². The van der Waals surface area contributed by atoms with E-state index in [0.717, 1.165) is 0 Å². The van der Waals surface area contributed by atoms with Crippen LogP contribution >= 0.6 is 0 Å². The van der Waals surface area contributed by atoms with Gasteiger partial charge < -0.3 is 5.32 Å². The van der Waals surface area contributed by atoms with E-state index in [2.05, 4.69) is 5.32 Å². The first kappa shape index (κ1) is 16.6. The first-order chi connectivity index (χ1) is 11.1. The summed E-state index contributed by atoms with van der Waals surface area (Å²) in [5.41, 5.74) is -1.75. The molecule has 1 N–H and O–H groups in total. The van der Waals surface area contributed by atoms with Gasteiger partial charge in [-0.2, -0.15) is 0 Å². The van der Waals surface area contributed by atoms with Gasteiger partial charge in [0.1, 0.15) is 5.41 Å². The van der Waals surface area contributed by atoms with E-state index in [1.54, 1.807) is 31.2 Å². The van der Waals surface area contributed by atoms with E-state index in [9.17, 15) is 19.2 Å². The molecule has 0 spiro atoms. The van der Waals surface area contributed by atoms with Crippen molar-refractivity contribution in [2.75, 3.05) is 5.32 Å². The van der Waals surface area contributed by atoms with Crippen molar-refractivity contribution in [2.24, 2.45) is 16.2 Å². The zero-order chi connectivity index (χ0) is 17.9. The molecular weight excluding hydrogens is 306 g/mol. The van der Waals surface area contributed by atoms with E-state index in [0.29, 0.717) is 24.1 Å². The van der Waals surface area contributed by atoms with Crippen LogP contribution in [0.3, 0.4) is 0 Å². The summed E-state index contributed by atoms with van der Waals surface area (Å²) in [5.74, 6) is -1.49. The van der Waals surface area contributed by atoms with Crippen molar-refractivity contribution >= 4 is 28.9 Å². The SMILES string of the molecule is CC(=O)c1ccc(NC(=O)[C@@]23CC[C@](C)(C(=O)C2=O)C3(C)C)cc1. The second kappa shape index (κ2) is 4.85. The molecule has 5 heteroatoms. The number of benzene rings is 1. The number of carbonyl (C=O) groups is 4. The molecule has 2 saturated carbocycles. The van der Waals surface area contributed by atoms with E-state index < -0.39 is 33.7 Å². The minimum absolute atomic E-state index is 0.0595. The minimum atomic E-state index is -1.31. The Morgan fingerprint density at radius 2 is 1.54 bits per heavy atom. The molecule has 2 bridgehead atoms. The summed E-state index contributed by atoms with van der Waals surface area (Å²) in [6.07, 6.45) is 0.930. The molecule has 5 nitrogen and oxygen atoms in total. The molecule has 0 unspecified atom stereocenters. The molecule has 2 atom stereocenters. The molecule has 2 fully saturated rings. The van der Waals surface area contributed by atoms with E-state index in [-0.39, 0.29) is 5.78 Å². The number of Topliss-reactive ketones (excluding diaryl/α,β-unsaturated/α-hetero) is 3. The second-order valence-corrected chi connectivity index (χ2v) is 7.61. The van der Waals surface area contributed by atoms with Crippen LogP contribution in [-0.2, 0) is 14.4 Å². The highest BCUT2D eigenvalue weighted by molar-refractivity contribution is 6.49. The van der Waals surface area contributed by atoms with Crippen LogP contribution in [-0.4, -0.2) is 23.3 Å². The Bertz CT molecular complexity index is 777. The van der Waals surface area contributed by atoms with Crippen molar-refractivity contribution in [3.8, 4) is 0 Å². The van der Waals surface area contributed by atoms with Crippen LogP contribution < -0.4 is 5.32 Å². The first-order valence-corrected chi connectivity index (χ1v) is 8.09. The molecule has 0 heterocycles. The number of nitrogens with one attached hydrogen (secondary N) is 1. The molecule has 0 radical (unpaired) electrons. The summed E-state index contributed by atoms with van der Waals surface area (Å²) < 4.78 is 0. The standard InChI is InChI=1S/C19H21NO4/c1-11(21)12-5-7-13(8-6-12)20-16(24)19-10-9-18(4,17(19,2)3)14(22)15(19)23/h5-8H,9-10H2,1-4H3,(H,20,24)/t18-,19-/m1/s1. The molecule has 3 rings (SSSR count). The molecule has 24 heavy (non-hydrogen) atoms. The lowest BCUT2D eigenvalue weighted by Crippen LogP contribution is -2.47. The van der Waals surface area contributed by atoms with Crippen molar-refractivity contribution < 1.29 is 19.2 Å². The summed E-state index contributed by atoms with van der Waals surface area (Å²) in [5, 5.41) is 2.77. The van der Waals surface area contributed by atoms with Crippen molar-refractivity contribution in [3.63, 3.8) is 0 Å². The molecule has 0 saturated heterocycles. The van der Waals surface area contributed by atoms with Crippen LogP contribution in [0.15, 0.2) is 24.3 Å². The number of ketones is 3. The van der Waals surface area contributed by atoms with Gasteiger partial charge in [-0.1, -0.05) is 20.8 Å².